The molecule has 8 N–H and O–H groups in total. The lowest BCUT2D eigenvalue weighted by molar-refractivity contribution is 0.343. The Morgan fingerprint density at radius 3 is 2.23 bits per heavy atom. The molecule has 0 aromatic heterocycles. The van der Waals surface area contributed by atoms with E-state index < -0.39 is 0 Å². The molecule has 0 radical (unpaired) electrons. The van der Waals surface area contributed by atoms with Gasteiger partial charge in [-0.2, -0.15) is 0 Å². The first kappa shape index (κ1) is 7.77. The monoisotopic (exact) mass is 181 g/mol. The van der Waals surface area contributed by atoms with E-state index in [9.17, 15) is 0 Å². The van der Waals surface area contributed by atoms with Crippen molar-refractivity contribution < 1.29 is 0 Å². The van der Waals surface area contributed by atoms with Crippen molar-refractivity contribution in [1.82, 2.24) is 14.9 Å². The molecule has 0 aliphatic carbocycles. The summed E-state index contributed by atoms with van der Waals surface area (Å²) in [6.07, 6.45) is 4.88. The van der Waals surface area contributed by atoms with E-state index >= 15 is 0 Å². The Balaban J connectivity index is 2.37. The topological polar surface area (TPSA) is 114 Å². The van der Waals surface area contributed by atoms with Crippen molar-refractivity contribution >= 4 is 0 Å². The Morgan fingerprint density at radius 2 is 1.54 bits per heavy atom. The van der Waals surface area contributed by atoms with Gasteiger partial charge in [-0.05, 0) is 0 Å². The minimum Gasteiger partial charge on any atom is -0.383 e. The number of nitrogens with two attached hydrogens (primary N) is 4. The molecule has 13 heavy (non-hydrogen) atoms. The summed E-state index contributed by atoms with van der Waals surface area (Å²) < 4.78 is 0. The normalized spacial score (nSPS) is 21.1. The number of rotatable bonds is 0. The summed E-state index contributed by atoms with van der Waals surface area (Å²) >= 11 is 0. The van der Waals surface area contributed by atoms with Gasteiger partial charge >= 0.3 is 0 Å². The third kappa shape index (κ3) is 0.983. The van der Waals surface area contributed by atoms with Crippen LogP contribution in [0.5, 0.6) is 0 Å². The van der Waals surface area contributed by atoms with Gasteiger partial charge in [-0.3, -0.25) is 5.01 Å². The molecule has 7 heteroatoms. The number of hydrogen-bond donors (Lipinski definition) is 4. The average molecular weight is 181 g/mol. The SMILES string of the molecule is NC1=CN2C=C(N)N(N)C2=CN1N. The third-order valence-corrected chi connectivity index (χ3v) is 1.88. The van der Waals surface area contributed by atoms with Gasteiger partial charge < -0.3 is 16.4 Å². The second-order valence-corrected chi connectivity index (χ2v) is 2.78. The highest BCUT2D eigenvalue weighted by Crippen LogP contribution is 2.23. The minimum absolute atomic E-state index is 0.420. The third-order valence-electron chi connectivity index (χ3n) is 1.88. The van der Waals surface area contributed by atoms with Crippen LogP contribution < -0.4 is 23.2 Å². The minimum atomic E-state index is 0.420. The van der Waals surface area contributed by atoms with Gasteiger partial charge in [0, 0.05) is 0 Å². The van der Waals surface area contributed by atoms with Gasteiger partial charge in [0.05, 0.1) is 18.6 Å². The maximum absolute atomic E-state index is 5.62. The zero-order valence-corrected chi connectivity index (χ0v) is 6.88. The van der Waals surface area contributed by atoms with E-state index in [2.05, 4.69) is 0 Å². The Bertz CT molecular complexity index is 328. The van der Waals surface area contributed by atoms with Crippen LogP contribution in [-0.2, 0) is 0 Å². The Morgan fingerprint density at radius 1 is 0.923 bits per heavy atom. The van der Waals surface area contributed by atoms with E-state index in [0.29, 0.717) is 17.5 Å². The second-order valence-electron chi connectivity index (χ2n) is 2.78. The van der Waals surface area contributed by atoms with Gasteiger partial charge in [0.2, 0.25) is 0 Å². The van der Waals surface area contributed by atoms with Crippen LogP contribution in [-0.4, -0.2) is 14.9 Å². The molecule has 2 aliphatic rings. The standard InChI is InChI=1S/C6H11N7/c7-4-1-11-2-5(8)13(10)6(11)3-12(4)9/h1-3H,7-10H2. The quantitative estimate of drug-likeness (QED) is 0.319. The fourth-order valence-corrected chi connectivity index (χ4v) is 1.17. The predicted octanol–water partition coefficient (Wildman–Crippen LogP) is -2.02. The lowest BCUT2D eigenvalue weighted by Gasteiger charge is -2.27. The van der Waals surface area contributed by atoms with E-state index in [0.717, 1.165) is 0 Å². The fraction of sp³-hybridized carbons (Fsp3) is 0. The molecular weight excluding hydrogens is 170 g/mol. The molecule has 7 nitrogen and oxygen atoms in total. The van der Waals surface area contributed by atoms with Crippen molar-refractivity contribution in [2.75, 3.05) is 0 Å². The summed E-state index contributed by atoms with van der Waals surface area (Å²) in [6.45, 7) is 0. The highest BCUT2D eigenvalue weighted by molar-refractivity contribution is 5.25. The van der Waals surface area contributed by atoms with Crippen LogP contribution >= 0.6 is 0 Å². The van der Waals surface area contributed by atoms with Gasteiger partial charge in [-0.1, -0.05) is 0 Å². The Hall–Kier alpha value is -1.86. The lowest BCUT2D eigenvalue weighted by Crippen LogP contribution is -2.39. The first-order valence-electron chi connectivity index (χ1n) is 3.63. The van der Waals surface area contributed by atoms with Gasteiger partial charge in [-0.25, -0.2) is 16.7 Å². The van der Waals surface area contributed by atoms with Crippen molar-refractivity contribution in [3.05, 3.63) is 36.1 Å². The molecule has 2 rings (SSSR count). The molecule has 0 amide bonds. The van der Waals surface area contributed by atoms with Crippen molar-refractivity contribution in [3.8, 4) is 0 Å². The molecule has 0 saturated carbocycles. The molecule has 0 bridgehead atoms. The summed E-state index contributed by atoms with van der Waals surface area (Å²) in [5, 5.41) is 2.60. The van der Waals surface area contributed by atoms with Gasteiger partial charge in [-0.15, -0.1) is 0 Å². The Kier molecular flexibility index (Phi) is 1.38. The van der Waals surface area contributed by atoms with Crippen LogP contribution in [0.15, 0.2) is 36.1 Å². The smallest absolute Gasteiger partial charge is 0.151 e. The van der Waals surface area contributed by atoms with E-state index in [4.69, 9.17) is 23.2 Å². The molecule has 0 aromatic carbocycles. The van der Waals surface area contributed by atoms with Crippen LogP contribution in [0.1, 0.15) is 0 Å². The van der Waals surface area contributed by atoms with E-state index in [1.807, 2.05) is 0 Å². The molecule has 0 fully saturated rings. The van der Waals surface area contributed by atoms with Crippen molar-refractivity contribution in [1.29, 1.82) is 0 Å². The van der Waals surface area contributed by atoms with E-state index in [-0.39, 0.29) is 0 Å². The van der Waals surface area contributed by atoms with Gasteiger partial charge in [0.1, 0.15) is 11.6 Å². The van der Waals surface area contributed by atoms with Gasteiger partial charge in [0.25, 0.3) is 0 Å². The van der Waals surface area contributed by atoms with Crippen molar-refractivity contribution in [3.63, 3.8) is 0 Å². The van der Waals surface area contributed by atoms with Crippen LogP contribution in [0.25, 0.3) is 0 Å². The predicted molar refractivity (Wildman–Crippen MR) is 46.5 cm³/mol. The summed E-state index contributed by atoms with van der Waals surface area (Å²) in [5.41, 5.74) is 11.2. The zero-order valence-electron chi connectivity index (χ0n) is 6.88. The molecule has 2 heterocycles. The molecule has 2 aliphatic heterocycles. The van der Waals surface area contributed by atoms with Crippen molar-refractivity contribution in [2.24, 2.45) is 23.2 Å². The van der Waals surface area contributed by atoms with Crippen LogP contribution in [0.3, 0.4) is 0 Å². The molecule has 0 aromatic rings. The molecule has 0 unspecified atom stereocenters. The second kappa shape index (κ2) is 2.31. The van der Waals surface area contributed by atoms with Crippen LogP contribution in [0, 0.1) is 0 Å². The maximum atomic E-state index is 5.62. The first-order chi connectivity index (χ1) is 6.09. The average Bonchev–Trinajstić information content (AvgIpc) is 2.32. The summed E-state index contributed by atoms with van der Waals surface area (Å²) in [4.78, 5) is 1.70. The van der Waals surface area contributed by atoms with E-state index in [1.54, 1.807) is 23.5 Å². The lowest BCUT2D eigenvalue weighted by atomic mass is 10.5. The number of fused-ring (bicyclic) bond motifs is 1. The number of nitrogens with zero attached hydrogens (tertiary/aromatic N) is 3. The van der Waals surface area contributed by atoms with Gasteiger partial charge in [0.15, 0.2) is 5.82 Å². The first-order valence-corrected chi connectivity index (χ1v) is 3.63. The largest absolute Gasteiger partial charge is 0.383 e. The highest BCUT2D eigenvalue weighted by atomic mass is 15.6. The summed E-state index contributed by atoms with van der Waals surface area (Å²) in [5.74, 6) is 12.7. The van der Waals surface area contributed by atoms with Crippen molar-refractivity contribution in [2.45, 2.75) is 0 Å². The molecule has 70 valence electrons. The summed E-state index contributed by atoms with van der Waals surface area (Å²) in [7, 11) is 0. The number of hydrogen-bond acceptors (Lipinski definition) is 7. The number of hydrazine groups is 2. The molecular formula is C6H11N7. The van der Waals surface area contributed by atoms with Crippen LogP contribution in [0.2, 0.25) is 0 Å². The molecule has 0 atom stereocenters. The van der Waals surface area contributed by atoms with E-state index in [1.165, 1.54) is 10.0 Å². The van der Waals surface area contributed by atoms with Crippen LogP contribution in [0.4, 0.5) is 0 Å². The maximum Gasteiger partial charge on any atom is 0.151 e. The molecule has 0 saturated heterocycles. The zero-order chi connectivity index (χ0) is 9.59. The summed E-state index contributed by atoms with van der Waals surface area (Å²) in [6, 6.07) is 0. The fourth-order valence-electron chi connectivity index (χ4n) is 1.17. The molecule has 0 spiro atoms. The highest BCUT2D eigenvalue weighted by Gasteiger charge is 2.25. The Labute approximate surface area is 75.1 Å².